The summed E-state index contributed by atoms with van der Waals surface area (Å²) in [5.41, 5.74) is 0.217. The molecule has 0 unspecified atom stereocenters. The van der Waals surface area contributed by atoms with Gasteiger partial charge in [-0.2, -0.15) is 0 Å². The highest BCUT2D eigenvalue weighted by Gasteiger charge is 2.34. The van der Waals surface area contributed by atoms with Crippen molar-refractivity contribution in [1.82, 2.24) is 24.8 Å². The lowest BCUT2D eigenvalue weighted by Gasteiger charge is -2.32. The summed E-state index contributed by atoms with van der Waals surface area (Å²) >= 11 is 1.08. The molecule has 0 aliphatic carbocycles. The van der Waals surface area contributed by atoms with Crippen LogP contribution in [0.4, 0.5) is 0 Å². The number of hydrogen-bond donors (Lipinski definition) is 1. The Morgan fingerprint density at radius 2 is 2.16 bits per heavy atom. The van der Waals surface area contributed by atoms with E-state index in [0.717, 1.165) is 11.5 Å². The average Bonchev–Trinajstić information content (AvgIpc) is 3.07. The third-order valence-corrected chi connectivity index (χ3v) is 3.70. The van der Waals surface area contributed by atoms with Gasteiger partial charge >= 0.3 is 0 Å². The average molecular weight is 359 g/mol. The van der Waals surface area contributed by atoms with Crippen molar-refractivity contribution in [3.8, 4) is 0 Å². The molecule has 0 radical (unpaired) electrons. The first-order valence-corrected chi connectivity index (χ1v) is 8.59. The molecule has 0 aliphatic heterocycles. The quantitative estimate of drug-likeness (QED) is 0.799. The molecule has 0 fully saturated rings. The molecule has 0 bridgehead atoms. The Morgan fingerprint density at radius 1 is 1.40 bits per heavy atom. The van der Waals surface area contributed by atoms with Crippen LogP contribution in [0.2, 0.25) is 0 Å². The summed E-state index contributed by atoms with van der Waals surface area (Å²) in [5, 5.41) is 8.29. The predicted molar refractivity (Wildman–Crippen MR) is 96.0 cm³/mol. The zero-order chi connectivity index (χ0) is 18.4. The molecule has 25 heavy (non-hydrogen) atoms. The number of hydrogen-bond acceptors (Lipinski definition) is 6. The zero-order valence-corrected chi connectivity index (χ0v) is 15.3. The third-order valence-electron chi connectivity index (χ3n) is 3.19. The Hall–Kier alpha value is -2.61. The molecule has 132 valence electrons. The van der Waals surface area contributed by atoms with Crippen LogP contribution in [0.25, 0.3) is 0 Å². The largest absolute Gasteiger partial charge is 0.349 e. The fourth-order valence-electron chi connectivity index (χ4n) is 2.26. The molecule has 7 nitrogen and oxygen atoms in total. The first-order chi connectivity index (χ1) is 11.8. The SMILES string of the molecule is C=CCN(C(=O)c1csnn1)[C@H](C(=O)NC(C)(C)C)c1ccccn1. The van der Waals surface area contributed by atoms with Crippen molar-refractivity contribution in [1.29, 1.82) is 0 Å². The molecule has 0 saturated heterocycles. The summed E-state index contributed by atoms with van der Waals surface area (Å²) in [7, 11) is 0. The van der Waals surface area contributed by atoms with Gasteiger partial charge in [-0.25, -0.2) is 0 Å². The van der Waals surface area contributed by atoms with Crippen LogP contribution in [0.3, 0.4) is 0 Å². The topological polar surface area (TPSA) is 88.1 Å². The fraction of sp³-hybridized carbons (Fsp3) is 0.353. The number of amides is 2. The van der Waals surface area contributed by atoms with E-state index in [9.17, 15) is 9.59 Å². The summed E-state index contributed by atoms with van der Waals surface area (Å²) in [6, 6.07) is 4.36. The van der Waals surface area contributed by atoms with Crippen molar-refractivity contribution in [3.05, 3.63) is 53.8 Å². The van der Waals surface area contributed by atoms with Crippen molar-refractivity contribution >= 4 is 23.3 Å². The molecule has 2 aromatic heterocycles. The van der Waals surface area contributed by atoms with Gasteiger partial charge in [0.25, 0.3) is 5.91 Å². The van der Waals surface area contributed by atoms with E-state index in [1.165, 1.54) is 4.90 Å². The maximum atomic E-state index is 12.9. The molecular weight excluding hydrogens is 338 g/mol. The van der Waals surface area contributed by atoms with Gasteiger partial charge < -0.3 is 10.2 Å². The molecule has 8 heteroatoms. The van der Waals surface area contributed by atoms with Crippen LogP contribution < -0.4 is 5.32 Å². The minimum atomic E-state index is -0.896. The normalized spacial score (nSPS) is 12.3. The molecule has 0 saturated carbocycles. The van der Waals surface area contributed by atoms with Gasteiger partial charge in [0.2, 0.25) is 5.91 Å². The molecule has 2 aromatic rings. The summed E-state index contributed by atoms with van der Waals surface area (Å²) < 4.78 is 3.72. The van der Waals surface area contributed by atoms with Gasteiger partial charge in [0.1, 0.15) is 0 Å². The Labute approximate surface area is 150 Å². The van der Waals surface area contributed by atoms with Gasteiger partial charge in [-0.3, -0.25) is 14.6 Å². The van der Waals surface area contributed by atoms with Crippen LogP contribution in [0.1, 0.15) is 43.0 Å². The summed E-state index contributed by atoms with van der Waals surface area (Å²) in [4.78, 5) is 31.5. The monoisotopic (exact) mass is 359 g/mol. The fourth-order valence-corrected chi connectivity index (χ4v) is 2.69. The van der Waals surface area contributed by atoms with E-state index in [4.69, 9.17) is 0 Å². The van der Waals surface area contributed by atoms with E-state index in [1.54, 1.807) is 35.9 Å². The molecule has 1 N–H and O–H groups in total. The van der Waals surface area contributed by atoms with E-state index in [2.05, 4.69) is 26.5 Å². The van der Waals surface area contributed by atoms with Crippen LogP contribution in [0.5, 0.6) is 0 Å². The maximum absolute atomic E-state index is 12.9. The highest BCUT2D eigenvalue weighted by molar-refractivity contribution is 7.03. The van der Waals surface area contributed by atoms with Gasteiger partial charge in [0, 0.05) is 23.7 Å². The van der Waals surface area contributed by atoms with E-state index >= 15 is 0 Å². The molecular formula is C17H21N5O2S. The van der Waals surface area contributed by atoms with E-state index in [-0.39, 0.29) is 18.1 Å². The van der Waals surface area contributed by atoms with Crippen LogP contribution in [-0.2, 0) is 4.79 Å². The Kier molecular flexibility index (Phi) is 5.97. The predicted octanol–water partition coefficient (Wildman–Crippen LogP) is 2.22. The van der Waals surface area contributed by atoms with Crippen LogP contribution >= 0.6 is 11.5 Å². The molecule has 0 spiro atoms. The van der Waals surface area contributed by atoms with Gasteiger partial charge in [0.05, 0.1) is 5.69 Å². The number of carbonyl (C=O) groups is 2. The number of pyridine rings is 1. The number of nitrogens with zero attached hydrogens (tertiary/aromatic N) is 4. The first-order valence-electron chi connectivity index (χ1n) is 7.75. The third kappa shape index (κ3) is 4.93. The van der Waals surface area contributed by atoms with Gasteiger partial charge in [0.15, 0.2) is 11.7 Å². The molecule has 0 aromatic carbocycles. The maximum Gasteiger partial charge on any atom is 0.276 e. The van der Waals surface area contributed by atoms with Crippen molar-refractivity contribution in [2.24, 2.45) is 0 Å². The van der Waals surface area contributed by atoms with E-state index in [1.807, 2.05) is 20.8 Å². The minimum absolute atomic E-state index is 0.176. The summed E-state index contributed by atoms with van der Waals surface area (Å²) in [6.07, 6.45) is 3.16. The second-order valence-electron chi connectivity index (χ2n) is 6.43. The van der Waals surface area contributed by atoms with Gasteiger partial charge in [-0.05, 0) is 44.4 Å². The van der Waals surface area contributed by atoms with Crippen LogP contribution in [0, 0.1) is 0 Å². The molecule has 2 rings (SSSR count). The minimum Gasteiger partial charge on any atom is -0.349 e. The van der Waals surface area contributed by atoms with Crippen molar-refractivity contribution in [3.63, 3.8) is 0 Å². The first kappa shape index (κ1) is 18.7. The van der Waals surface area contributed by atoms with E-state index in [0.29, 0.717) is 5.69 Å². The number of rotatable bonds is 6. The lowest BCUT2D eigenvalue weighted by molar-refractivity contribution is -0.127. The number of aromatic nitrogens is 3. The van der Waals surface area contributed by atoms with E-state index < -0.39 is 17.5 Å². The second-order valence-corrected chi connectivity index (χ2v) is 7.04. The summed E-state index contributed by atoms with van der Waals surface area (Å²) in [6.45, 7) is 9.51. The number of carbonyl (C=O) groups excluding carboxylic acids is 2. The Bertz CT molecular complexity index is 725. The van der Waals surface area contributed by atoms with Crippen LogP contribution in [0.15, 0.2) is 42.4 Å². The molecule has 2 amide bonds. The van der Waals surface area contributed by atoms with Crippen molar-refractivity contribution < 1.29 is 9.59 Å². The molecule has 2 heterocycles. The van der Waals surface area contributed by atoms with Gasteiger partial charge in [-0.15, -0.1) is 11.7 Å². The van der Waals surface area contributed by atoms with Gasteiger partial charge in [-0.1, -0.05) is 16.6 Å². The van der Waals surface area contributed by atoms with Crippen molar-refractivity contribution in [2.75, 3.05) is 6.54 Å². The standard InChI is InChI=1S/C17H21N5O2S/c1-5-10-22(16(24)13-11-25-21-20-13)14(12-8-6-7-9-18-12)15(23)19-17(2,3)4/h5-9,11,14H,1,10H2,2-4H3,(H,19,23)/t14-/m0/s1. The number of nitrogens with one attached hydrogen (secondary N) is 1. The lowest BCUT2D eigenvalue weighted by atomic mass is 10.0. The van der Waals surface area contributed by atoms with Crippen molar-refractivity contribution in [2.45, 2.75) is 32.4 Å². The lowest BCUT2D eigenvalue weighted by Crippen LogP contribution is -2.49. The Morgan fingerprint density at radius 3 is 2.68 bits per heavy atom. The highest BCUT2D eigenvalue weighted by atomic mass is 32.1. The zero-order valence-electron chi connectivity index (χ0n) is 14.5. The smallest absolute Gasteiger partial charge is 0.276 e. The second kappa shape index (κ2) is 7.98. The molecule has 1 atom stereocenters. The Balaban J connectivity index is 2.45. The van der Waals surface area contributed by atoms with Crippen LogP contribution in [-0.4, -0.2) is 43.4 Å². The summed E-state index contributed by atoms with van der Waals surface area (Å²) in [5.74, 6) is -0.710. The highest BCUT2D eigenvalue weighted by Crippen LogP contribution is 2.22. The molecule has 0 aliphatic rings.